The molecule has 0 saturated carbocycles. The molecule has 0 radical (unpaired) electrons. The van der Waals surface area contributed by atoms with Gasteiger partial charge >= 0.3 is 0 Å². The van der Waals surface area contributed by atoms with Crippen LogP contribution in [0.15, 0.2) is 78.9 Å². The average Bonchev–Trinajstić information content (AvgIpc) is 2.79. The lowest BCUT2D eigenvalue weighted by Gasteiger charge is -2.18. The van der Waals surface area contributed by atoms with Crippen molar-refractivity contribution < 1.29 is 9.47 Å². The average molecular weight is 383 g/mol. The first-order valence-corrected chi connectivity index (χ1v) is 10.1. The summed E-state index contributed by atoms with van der Waals surface area (Å²) in [5, 5.41) is 2.62. The van der Waals surface area contributed by atoms with Gasteiger partial charge < -0.3 is 9.47 Å². The van der Waals surface area contributed by atoms with Crippen molar-refractivity contribution in [1.82, 2.24) is 0 Å². The van der Waals surface area contributed by atoms with Gasteiger partial charge in [0.15, 0.2) is 0 Å². The molecule has 0 aromatic heterocycles. The number of hydrogen-bond acceptors (Lipinski definition) is 2. The fourth-order valence-electron chi connectivity index (χ4n) is 3.99. The van der Waals surface area contributed by atoms with E-state index in [1.165, 1.54) is 38.6 Å². The predicted octanol–water partition coefficient (Wildman–Crippen LogP) is 7.14. The lowest BCUT2D eigenvalue weighted by molar-refractivity contribution is 0.414. The van der Waals surface area contributed by atoms with E-state index in [1.807, 2.05) is 24.3 Å². The fourth-order valence-corrected chi connectivity index (χ4v) is 3.99. The molecule has 0 heterocycles. The first-order valence-electron chi connectivity index (χ1n) is 10.1. The molecule has 0 aliphatic heterocycles. The third-order valence-electron chi connectivity index (χ3n) is 5.43. The highest BCUT2D eigenvalue weighted by molar-refractivity contribution is 6.05. The Bertz CT molecular complexity index is 1110. The Morgan fingerprint density at radius 3 is 1.76 bits per heavy atom. The summed E-state index contributed by atoms with van der Waals surface area (Å²) >= 11 is 0. The molecule has 0 aliphatic rings. The van der Waals surface area contributed by atoms with Crippen LogP contribution in [0, 0.1) is 0 Å². The summed E-state index contributed by atoms with van der Waals surface area (Å²) in [6, 6.07) is 27.8. The van der Waals surface area contributed by atoms with E-state index in [9.17, 15) is 0 Å². The van der Waals surface area contributed by atoms with Gasteiger partial charge in [-0.2, -0.15) is 0 Å². The minimum atomic E-state index is 0.867. The molecule has 0 spiro atoms. The molecular formula is C27H26O2. The van der Waals surface area contributed by atoms with Crippen LogP contribution in [0.5, 0.6) is 11.5 Å². The Morgan fingerprint density at radius 1 is 0.655 bits per heavy atom. The molecule has 0 bridgehead atoms. The van der Waals surface area contributed by atoms with Gasteiger partial charge in [0, 0.05) is 0 Å². The largest absolute Gasteiger partial charge is 0.497 e. The van der Waals surface area contributed by atoms with Gasteiger partial charge in [-0.3, -0.25) is 0 Å². The summed E-state index contributed by atoms with van der Waals surface area (Å²) in [7, 11) is 3.40. The summed E-state index contributed by atoms with van der Waals surface area (Å²) < 4.78 is 10.7. The highest BCUT2D eigenvalue weighted by atomic mass is 16.5. The maximum absolute atomic E-state index is 5.37. The SMILES string of the molecule is CCCc1cc(-c2ccc(OC)cc2)c(-c2ccc(OC)cc2)c2ccccc12. The molecule has 4 rings (SSSR count). The first kappa shape index (κ1) is 19.1. The summed E-state index contributed by atoms with van der Waals surface area (Å²) in [4.78, 5) is 0. The van der Waals surface area contributed by atoms with Crippen LogP contribution in [-0.4, -0.2) is 14.2 Å². The summed E-state index contributed by atoms with van der Waals surface area (Å²) in [5.41, 5.74) is 6.29. The van der Waals surface area contributed by atoms with Crippen LogP contribution in [0.25, 0.3) is 33.0 Å². The Balaban J connectivity index is 2.02. The number of rotatable bonds is 6. The maximum atomic E-state index is 5.37. The van der Waals surface area contributed by atoms with E-state index in [1.54, 1.807) is 14.2 Å². The van der Waals surface area contributed by atoms with Crippen LogP contribution >= 0.6 is 0 Å². The number of methoxy groups -OCH3 is 2. The van der Waals surface area contributed by atoms with E-state index in [2.05, 4.69) is 61.5 Å². The second kappa shape index (κ2) is 8.40. The van der Waals surface area contributed by atoms with Gasteiger partial charge in [-0.25, -0.2) is 0 Å². The number of ether oxygens (including phenoxy) is 2. The van der Waals surface area contributed by atoms with Gasteiger partial charge in [-0.15, -0.1) is 0 Å². The molecule has 2 heteroatoms. The number of fused-ring (bicyclic) bond motifs is 1. The zero-order chi connectivity index (χ0) is 20.2. The molecule has 0 amide bonds. The first-order chi connectivity index (χ1) is 14.2. The van der Waals surface area contributed by atoms with E-state index >= 15 is 0 Å². The topological polar surface area (TPSA) is 18.5 Å². The van der Waals surface area contributed by atoms with Gasteiger partial charge in [0.2, 0.25) is 0 Å². The van der Waals surface area contributed by atoms with E-state index in [0.29, 0.717) is 0 Å². The molecule has 4 aromatic rings. The van der Waals surface area contributed by atoms with E-state index in [4.69, 9.17) is 9.47 Å². The highest BCUT2D eigenvalue weighted by Crippen LogP contribution is 2.41. The second-order valence-corrected chi connectivity index (χ2v) is 7.21. The van der Waals surface area contributed by atoms with Gasteiger partial charge in [-0.1, -0.05) is 61.9 Å². The zero-order valence-electron chi connectivity index (χ0n) is 17.2. The molecule has 4 aromatic carbocycles. The quantitative estimate of drug-likeness (QED) is 0.353. The third kappa shape index (κ3) is 3.71. The van der Waals surface area contributed by atoms with Crippen molar-refractivity contribution in [2.24, 2.45) is 0 Å². The Labute approximate surface area is 172 Å². The van der Waals surface area contributed by atoms with Crippen LogP contribution in [-0.2, 0) is 6.42 Å². The fraction of sp³-hybridized carbons (Fsp3) is 0.185. The van der Waals surface area contributed by atoms with Gasteiger partial charge in [0.25, 0.3) is 0 Å². The molecule has 0 atom stereocenters. The number of benzene rings is 4. The molecule has 0 unspecified atom stereocenters. The van der Waals surface area contributed by atoms with Crippen molar-refractivity contribution in [2.45, 2.75) is 19.8 Å². The monoisotopic (exact) mass is 382 g/mol. The molecule has 0 saturated heterocycles. The minimum Gasteiger partial charge on any atom is -0.497 e. The normalized spacial score (nSPS) is 10.9. The van der Waals surface area contributed by atoms with Gasteiger partial charge in [0.05, 0.1) is 14.2 Å². The highest BCUT2D eigenvalue weighted by Gasteiger charge is 2.15. The van der Waals surface area contributed by atoms with E-state index in [0.717, 1.165) is 24.3 Å². The zero-order valence-corrected chi connectivity index (χ0v) is 17.2. The lowest BCUT2D eigenvalue weighted by atomic mass is 9.86. The Kier molecular flexibility index (Phi) is 5.53. The lowest BCUT2D eigenvalue weighted by Crippen LogP contribution is -1.94. The van der Waals surface area contributed by atoms with E-state index in [-0.39, 0.29) is 0 Å². The minimum absolute atomic E-state index is 0.867. The number of hydrogen-bond donors (Lipinski definition) is 0. The summed E-state index contributed by atoms with van der Waals surface area (Å²) in [6.07, 6.45) is 2.18. The second-order valence-electron chi connectivity index (χ2n) is 7.21. The molecular weight excluding hydrogens is 356 g/mol. The van der Waals surface area contributed by atoms with Crippen molar-refractivity contribution in [2.75, 3.05) is 14.2 Å². The summed E-state index contributed by atoms with van der Waals surface area (Å²) in [5.74, 6) is 1.74. The molecule has 2 nitrogen and oxygen atoms in total. The maximum Gasteiger partial charge on any atom is 0.118 e. The molecule has 29 heavy (non-hydrogen) atoms. The van der Waals surface area contributed by atoms with Crippen LogP contribution in [0.4, 0.5) is 0 Å². The molecule has 0 N–H and O–H groups in total. The van der Waals surface area contributed by atoms with Gasteiger partial charge in [-0.05, 0) is 75.3 Å². The van der Waals surface area contributed by atoms with Crippen LogP contribution < -0.4 is 9.47 Å². The standard InChI is InChI=1S/C27H26O2/c1-4-7-21-18-26(19-10-14-22(28-2)15-11-19)27(25-9-6-5-8-24(21)25)20-12-16-23(29-3)17-13-20/h5-6,8-18H,4,7H2,1-3H3. The van der Waals surface area contributed by atoms with Gasteiger partial charge in [0.1, 0.15) is 11.5 Å². The van der Waals surface area contributed by atoms with Crippen molar-refractivity contribution in [3.63, 3.8) is 0 Å². The van der Waals surface area contributed by atoms with Crippen LogP contribution in [0.2, 0.25) is 0 Å². The Morgan fingerprint density at radius 2 is 1.21 bits per heavy atom. The van der Waals surface area contributed by atoms with Crippen molar-refractivity contribution >= 4 is 10.8 Å². The summed E-state index contributed by atoms with van der Waals surface area (Å²) in [6.45, 7) is 2.24. The molecule has 0 aliphatic carbocycles. The van der Waals surface area contributed by atoms with Crippen molar-refractivity contribution in [3.05, 3.63) is 84.4 Å². The van der Waals surface area contributed by atoms with Crippen LogP contribution in [0.3, 0.4) is 0 Å². The van der Waals surface area contributed by atoms with Crippen LogP contribution in [0.1, 0.15) is 18.9 Å². The Hall–Kier alpha value is -3.26. The molecule has 146 valence electrons. The van der Waals surface area contributed by atoms with E-state index < -0.39 is 0 Å². The predicted molar refractivity (Wildman–Crippen MR) is 122 cm³/mol. The number of aryl methyl sites for hydroxylation is 1. The van der Waals surface area contributed by atoms with Crippen molar-refractivity contribution in [3.8, 4) is 33.8 Å². The molecule has 0 fully saturated rings. The third-order valence-corrected chi connectivity index (χ3v) is 5.43. The van der Waals surface area contributed by atoms with Crippen molar-refractivity contribution in [1.29, 1.82) is 0 Å². The smallest absolute Gasteiger partial charge is 0.118 e.